The summed E-state index contributed by atoms with van der Waals surface area (Å²) in [5.74, 6) is 1.90. The van der Waals surface area contributed by atoms with Gasteiger partial charge in [-0.3, -0.25) is 9.89 Å². The summed E-state index contributed by atoms with van der Waals surface area (Å²) in [6.07, 6.45) is 6.66. The van der Waals surface area contributed by atoms with Crippen LogP contribution in [0.2, 0.25) is 0 Å². The normalized spacial score (nSPS) is 19.8. The Morgan fingerprint density at radius 1 is 1.12 bits per heavy atom. The predicted octanol–water partition coefficient (Wildman–Crippen LogP) is 2.77. The number of piperidine rings is 1. The fourth-order valence-electron chi connectivity index (χ4n) is 3.47. The van der Waals surface area contributed by atoms with Gasteiger partial charge in [0.05, 0.1) is 0 Å². The van der Waals surface area contributed by atoms with Gasteiger partial charge in [0.2, 0.25) is 0 Å². The molecule has 0 radical (unpaired) electrons. The second-order valence-electron chi connectivity index (χ2n) is 7.42. The van der Waals surface area contributed by atoms with Crippen molar-refractivity contribution in [2.45, 2.75) is 58.9 Å². The lowest BCUT2D eigenvalue weighted by molar-refractivity contribution is 0.192. The Morgan fingerprint density at radius 2 is 1.84 bits per heavy atom. The minimum Gasteiger partial charge on any atom is -0.357 e. The topological polar surface area (TPSA) is 42.9 Å². The van der Waals surface area contributed by atoms with E-state index in [-0.39, 0.29) is 24.0 Å². The van der Waals surface area contributed by atoms with Crippen LogP contribution >= 0.6 is 24.0 Å². The highest BCUT2D eigenvalue weighted by Gasteiger charge is 2.27. The highest BCUT2D eigenvalue weighted by Crippen LogP contribution is 2.25. The van der Waals surface area contributed by atoms with Gasteiger partial charge in [-0.05, 0) is 71.1 Å². The van der Waals surface area contributed by atoms with Crippen LogP contribution in [-0.4, -0.2) is 74.2 Å². The first-order chi connectivity index (χ1) is 11.7. The lowest BCUT2D eigenvalue weighted by Crippen LogP contribution is -2.42. The summed E-state index contributed by atoms with van der Waals surface area (Å²) in [5, 5.41) is 6.87. The lowest BCUT2D eigenvalue weighted by Gasteiger charge is -2.29. The smallest absolute Gasteiger partial charge is 0.191 e. The summed E-state index contributed by atoms with van der Waals surface area (Å²) in [6.45, 7) is 15.6. The maximum Gasteiger partial charge on any atom is 0.191 e. The molecule has 0 unspecified atom stereocenters. The van der Waals surface area contributed by atoms with E-state index in [9.17, 15) is 0 Å². The Morgan fingerprint density at radius 3 is 2.44 bits per heavy atom. The Labute approximate surface area is 172 Å². The summed E-state index contributed by atoms with van der Waals surface area (Å²) < 4.78 is 0. The number of nitrogens with zero attached hydrogens (tertiary/aromatic N) is 3. The summed E-state index contributed by atoms with van der Waals surface area (Å²) >= 11 is 0. The molecule has 1 saturated carbocycles. The first-order valence-electron chi connectivity index (χ1n) is 10.2. The van der Waals surface area contributed by atoms with Crippen molar-refractivity contribution in [2.24, 2.45) is 10.9 Å². The molecule has 0 bridgehead atoms. The Kier molecular flexibility index (Phi) is 12.1. The molecule has 1 aliphatic heterocycles. The van der Waals surface area contributed by atoms with Gasteiger partial charge in [0, 0.05) is 32.2 Å². The minimum absolute atomic E-state index is 0. The van der Waals surface area contributed by atoms with Crippen molar-refractivity contribution in [3.8, 4) is 0 Å². The van der Waals surface area contributed by atoms with Gasteiger partial charge in [-0.15, -0.1) is 24.0 Å². The van der Waals surface area contributed by atoms with Crippen LogP contribution in [0.3, 0.4) is 0 Å². The molecule has 0 spiro atoms. The van der Waals surface area contributed by atoms with Crippen molar-refractivity contribution >= 4 is 29.9 Å². The number of likely N-dealkylation sites (N-methyl/N-ethyl adjacent to an activating group) is 1. The van der Waals surface area contributed by atoms with E-state index < -0.39 is 0 Å². The number of nitrogens with one attached hydrogen (secondary N) is 2. The van der Waals surface area contributed by atoms with Crippen LogP contribution in [0.5, 0.6) is 0 Å². The maximum atomic E-state index is 4.75. The van der Waals surface area contributed by atoms with E-state index >= 15 is 0 Å². The molecule has 0 amide bonds. The van der Waals surface area contributed by atoms with Crippen molar-refractivity contribution in [3.63, 3.8) is 0 Å². The summed E-state index contributed by atoms with van der Waals surface area (Å²) in [5.41, 5.74) is 0. The predicted molar refractivity (Wildman–Crippen MR) is 119 cm³/mol. The van der Waals surface area contributed by atoms with Crippen LogP contribution in [0.15, 0.2) is 4.99 Å². The van der Waals surface area contributed by atoms with Crippen LogP contribution in [0.4, 0.5) is 0 Å². The number of guanidine groups is 1. The molecule has 1 heterocycles. The standard InChI is InChI=1S/C19H39N5.HI/c1-4-20-19(22-12-16-24(5-2)18-7-8-18)21-11-6-13-23-14-9-17(3)10-15-23;/h17-18H,4-16H2,1-3H3,(H2,20,21,22);1H. The zero-order chi connectivity index (χ0) is 17.2. The molecule has 148 valence electrons. The van der Waals surface area contributed by atoms with Crippen LogP contribution < -0.4 is 10.6 Å². The number of hydrogen-bond donors (Lipinski definition) is 2. The highest BCUT2D eigenvalue weighted by atomic mass is 127. The molecule has 5 nitrogen and oxygen atoms in total. The Balaban J connectivity index is 0.00000312. The van der Waals surface area contributed by atoms with E-state index in [0.29, 0.717) is 0 Å². The molecule has 0 aromatic carbocycles. The number of rotatable bonds is 10. The zero-order valence-corrected chi connectivity index (χ0v) is 18.9. The third kappa shape index (κ3) is 9.43. The van der Waals surface area contributed by atoms with Gasteiger partial charge in [0.1, 0.15) is 0 Å². The molecular weight excluding hydrogens is 425 g/mol. The van der Waals surface area contributed by atoms with Gasteiger partial charge < -0.3 is 15.5 Å². The van der Waals surface area contributed by atoms with Crippen molar-refractivity contribution in [1.29, 1.82) is 0 Å². The number of hydrogen-bond acceptors (Lipinski definition) is 3. The SMILES string of the molecule is CCNC(=NCCCN1CCC(C)CC1)NCCN(CC)C1CC1.I. The number of likely N-dealkylation sites (tertiary alicyclic amines) is 1. The van der Waals surface area contributed by atoms with Gasteiger partial charge in [0.25, 0.3) is 0 Å². The highest BCUT2D eigenvalue weighted by molar-refractivity contribution is 14.0. The molecule has 25 heavy (non-hydrogen) atoms. The third-order valence-corrected chi connectivity index (χ3v) is 5.28. The first-order valence-corrected chi connectivity index (χ1v) is 10.2. The molecule has 6 heteroatoms. The number of aliphatic imine (C=N–C) groups is 1. The maximum absolute atomic E-state index is 4.75. The van der Waals surface area contributed by atoms with E-state index in [0.717, 1.165) is 57.1 Å². The quantitative estimate of drug-likeness (QED) is 0.225. The van der Waals surface area contributed by atoms with Crippen molar-refractivity contribution in [3.05, 3.63) is 0 Å². The zero-order valence-electron chi connectivity index (χ0n) is 16.6. The van der Waals surface area contributed by atoms with Gasteiger partial charge in [0.15, 0.2) is 5.96 Å². The average molecular weight is 465 g/mol. The fourth-order valence-corrected chi connectivity index (χ4v) is 3.47. The van der Waals surface area contributed by atoms with Gasteiger partial charge in [-0.1, -0.05) is 13.8 Å². The van der Waals surface area contributed by atoms with Gasteiger partial charge in [-0.25, -0.2) is 0 Å². The van der Waals surface area contributed by atoms with E-state index in [1.807, 2.05) is 0 Å². The van der Waals surface area contributed by atoms with Gasteiger partial charge in [-0.2, -0.15) is 0 Å². The second-order valence-corrected chi connectivity index (χ2v) is 7.42. The molecule has 2 rings (SSSR count). The average Bonchev–Trinajstić information content (AvgIpc) is 3.42. The Bertz CT molecular complexity index is 365. The van der Waals surface area contributed by atoms with Crippen molar-refractivity contribution < 1.29 is 0 Å². The minimum atomic E-state index is 0. The molecule has 0 aromatic rings. The van der Waals surface area contributed by atoms with E-state index in [2.05, 4.69) is 41.2 Å². The number of halogens is 1. The monoisotopic (exact) mass is 465 g/mol. The summed E-state index contributed by atoms with van der Waals surface area (Å²) in [4.78, 5) is 9.92. The molecule has 2 fully saturated rings. The van der Waals surface area contributed by atoms with Crippen LogP contribution in [0.25, 0.3) is 0 Å². The summed E-state index contributed by atoms with van der Waals surface area (Å²) in [7, 11) is 0. The van der Waals surface area contributed by atoms with E-state index in [1.54, 1.807) is 0 Å². The van der Waals surface area contributed by atoms with E-state index in [1.165, 1.54) is 45.3 Å². The first kappa shape index (κ1) is 23.0. The van der Waals surface area contributed by atoms with Crippen LogP contribution in [0.1, 0.15) is 52.9 Å². The fraction of sp³-hybridized carbons (Fsp3) is 0.947. The Hall–Kier alpha value is -0.0800. The van der Waals surface area contributed by atoms with E-state index in [4.69, 9.17) is 4.99 Å². The lowest BCUT2D eigenvalue weighted by atomic mass is 9.99. The molecule has 0 atom stereocenters. The largest absolute Gasteiger partial charge is 0.357 e. The van der Waals surface area contributed by atoms with Crippen LogP contribution in [-0.2, 0) is 0 Å². The molecule has 2 aliphatic rings. The van der Waals surface area contributed by atoms with Gasteiger partial charge >= 0.3 is 0 Å². The third-order valence-electron chi connectivity index (χ3n) is 5.28. The molecule has 1 saturated heterocycles. The summed E-state index contributed by atoms with van der Waals surface area (Å²) in [6, 6.07) is 0.851. The van der Waals surface area contributed by atoms with Crippen molar-refractivity contribution in [2.75, 3.05) is 52.4 Å². The van der Waals surface area contributed by atoms with Crippen LogP contribution in [0, 0.1) is 5.92 Å². The molecular formula is C19H40IN5. The molecule has 2 N–H and O–H groups in total. The molecule has 0 aromatic heterocycles. The second kappa shape index (κ2) is 13.1. The molecule has 1 aliphatic carbocycles. The van der Waals surface area contributed by atoms with Crippen molar-refractivity contribution in [1.82, 2.24) is 20.4 Å².